The molecule has 0 bridgehead atoms. The quantitative estimate of drug-likeness (QED) is 0.637. The number of rotatable bonds is 7. The van der Waals surface area contributed by atoms with Crippen LogP contribution in [-0.4, -0.2) is 25.2 Å². The van der Waals surface area contributed by atoms with E-state index in [1.54, 1.807) is 12.1 Å². The molecule has 0 aromatic heterocycles. The van der Waals surface area contributed by atoms with Gasteiger partial charge in [-0.2, -0.15) is 0 Å². The normalized spacial score (nSPS) is 21.4. The van der Waals surface area contributed by atoms with E-state index in [0.29, 0.717) is 0 Å². The summed E-state index contributed by atoms with van der Waals surface area (Å²) < 4.78 is 29.5. The Morgan fingerprint density at radius 1 is 0.897 bits per heavy atom. The molecule has 0 heterocycles. The van der Waals surface area contributed by atoms with Gasteiger partial charge in [0.05, 0.1) is 16.5 Å². The second-order valence-corrected chi connectivity index (χ2v) is 11.4. The SMILES string of the molecule is Cc1ccc(S(=O)(=O)N[C@@H](C(C)C)C(O)(C2CCCCC2)C2CCCCC2)cc1. The Kier molecular flexibility index (Phi) is 7.45. The van der Waals surface area contributed by atoms with E-state index in [-0.39, 0.29) is 22.6 Å². The maximum Gasteiger partial charge on any atom is 0.240 e. The smallest absolute Gasteiger partial charge is 0.240 e. The Morgan fingerprint density at radius 2 is 1.34 bits per heavy atom. The van der Waals surface area contributed by atoms with Crippen molar-refractivity contribution in [2.75, 3.05) is 0 Å². The fraction of sp³-hybridized carbons (Fsp3) is 0.750. The highest BCUT2D eigenvalue weighted by Gasteiger charge is 2.51. The zero-order valence-corrected chi connectivity index (χ0v) is 19.2. The summed E-state index contributed by atoms with van der Waals surface area (Å²) in [5.74, 6) is 0.365. The summed E-state index contributed by atoms with van der Waals surface area (Å²) in [6.45, 7) is 6.03. The van der Waals surface area contributed by atoms with Crippen LogP contribution in [0.3, 0.4) is 0 Å². The van der Waals surface area contributed by atoms with Gasteiger partial charge in [0.15, 0.2) is 0 Å². The first-order chi connectivity index (χ1) is 13.7. The molecule has 2 fully saturated rings. The Balaban J connectivity index is 1.96. The summed E-state index contributed by atoms with van der Waals surface area (Å²) in [7, 11) is -3.69. The van der Waals surface area contributed by atoms with Gasteiger partial charge in [-0.05, 0) is 62.5 Å². The number of benzene rings is 1. The molecule has 2 aliphatic rings. The van der Waals surface area contributed by atoms with Crippen molar-refractivity contribution in [3.8, 4) is 0 Å². The fourth-order valence-corrected chi connectivity index (χ4v) is 7.11. The van der Waals surface area contributed by atoms with Crippen molar-refractivity contribution in [1.29, 1.82) is 0 Å². The molecule has 1 aromatic carbocycles. The minimum Gasteiger partial charge on any atom is -0.388 e. The molecule has 0 spiro atoms. The highest BCUT2D eigenvalue weighted by molar-refractivity contribution is 7.89. The van der Waals surface area contributed by atoms with E-state index in [0.717, 1.165) is 56.9 Å². The number of aliphatic hydroxyl groups is 1. The Morgan fingerprint density at radius 3 is 1.76 bits per heavy atom. The van der Waals surface area contributed by atoms with Gasteiger partial charge in [0, 0.05) is 0 Å². The minimum atomic E-state index is -3.69. The maximum absolute atomic E-state index is 13.2. The average Bonchev–Trinajstić information content (AvgIpc) is 2.73. The molecule has 2 aliphatic carbocycles. The Hall–Kier alpha value is -0.910. The van der Waals surface area contributed by atoms with Gasteiger partial charge in [0.2, 0.25) is 10.0 Å². The van der Waals surface area contributed by atoms with E-state index in [1.807, 2.05) is 32.9 Å². The van der Waals surface area contributed by atoms with E-state index in [1.165, 1.54) is 12.8 Å². The number of hydrogen-bond donors (Lipinski definition) is 2. The average molecular weight is 422 g/mol. The lowest BCUT2D eigenvalue weighted by Crippen LogP contribution is -2.63. The Bertz CT molecular complexity index is 727. The van der Waals surface area contributed by atoms with Crippen LogP contribution in [0.4, 0.5) is 0 Å². The van der Waals surface area contributed by atoms with Crippen LogP contribution in [0.5, 0.6) is 0 Å². The number of sulfonamides is 1. The van der Waals surface area contributed by atoms with Crippen molar-refractivity contribution in [2.24, 2.45) is 17.8 Å². The van der Waals surface area contributed by atoms with Crippen LogP contribution in [0, 0.1) is 24.7 Å². The molecule has 1 atom stereocenters. The van der Waals surface area contributed by atoms with Gasteiger partial charge < -0.3 is 5.11 Å². The summed E-state index contributed by atoms with van der Waals surface area (Å²) in [5.41, 5.74) is 0.0533. The molecule has 5 heteroatoms. The third kappa shape index (κ3) is 5.05. The number of aryl methyl sites for hydroxylation is 1. The molecule has 0 aliphatic heterocycles. The zero-order valence-electron chi connectivity index (χ0n) is 18.4. The number of hydrogen-bond acceptors (Lipinski definition) is 3. The van der Waals surface area contributed by atoms with E-state index in [4.69, 9.17) is 0 Å². The zero-order chi connectivity index (χ0) is 21.1. The molecule has 29 heavy (non-hydrogen) atoms. The van der Waals surface area contributed by atoms with Crippen molar-refractivity contribution < 1.29 is 13.5 Å². The van der Waals surface area contributed by atoms with Gasteiger partial charge in [0.1, 0.15) is 0 Å². The lowest BCUT2D eigenvalue weighted by atomic mass is 9.61. The molecule has 2 N–H and O–H groups in total. The van der Waals surface area contributed by atoms with Crippen LogP contribution in [0.25, 0.3) is 0 Å². The monoisotopic (exact) mass is 421 g/mol. The molecular formula is C24H39NO3S. The van der Waals surface area contributed by atoms with Gasteiger partial charge in [0.25, 0.3) is 0 Å². The summed E-state index contributed by atoms with van der Waals surface area (Å²) in [6, 6.07) is 6.51. The highest BCUT2D eigenvalue weighted by Crippen LogP contribution is 2.46. The standard InChI is InChI=1S/C24H39NO3S/c1-18(2)23(25-29(27,28)22-16-14-19(3)15-17-22)24(26,20-10-6-4-7-11-20)21-12-8-5-9-13-21/h14-18,20-21,23,25-26H,4-13H2,1-3H3/t23-/m0/s1. The van der Waals surface area contributed by atoms with Gasteiger partial charge >= 0.3 is 0 Å². The van der Waals surface area contributed by atoms with E-state index in [2.05, 4.69) is 4.72 Å². The minimum absolute atomic E-state index is 0.0177. The van der Waals surface area contributed by atoms with Crippen molar-refractivity contribution in [1.82, 2.24) is 4.72 Å². The molecular weight excluding hydrogens is 382 g/mol. The molecule has 2 saturated carbocycles. The third-order valence-corrected chi connectivity index (χ3v) is 8.75. The Labute approximate surface area is 177 Å². The molecule has 4 nitrogen and oxygen atoms in total. The van der Waals surface area contributed by atoms with E-state index >= 15 is 0 Å². The van der Waals surface area contributed by atoms with E-state index in [9.17, 15) is 13.5 Å². The second kappa shape index (κ2) is 9.49. The summed E-state index contributed by atoms with van der Waals surface area (Å²) >= 11 is 0. The molecule has 1 aromatic rings. The van der Waals surface area contributed by atoms with Crippen LogP contribution < -0.4 is 4.72 Å². The molecule has 164 valence electrons. The number of nitrogens with one attached hydrogen (secondary N) is 1. The highest BCUT2D eigenvalue weighted by atomic mass is 32.2. The third-order valence-electron chi connectivity index (χ3n) is 7.30. The molecule has 0 unspecified atom stereocenters. The molecule has 3 rings (SSSR count). The molecule has 0 radical (unpaired) electrons. The summed E-state index contributed by atoms with van der Waals surface area (Å²) in [4.78, 5) is 0.281. The van der Waals surface area contributed by atoms with Gasteiger partial charge in [-0.1, -0.05) is 70.1 Å². The fourth-order valence-electron chi connectivity index (χ4n) is 5.69. The summed E-state index contributed by atoms with van der Waals surface area (Å²) in [5, 5.41) is 12.3. The van der Waals surface area contributed by atoms with Crippen LogP contribution in [0.1, 0.15) is 83.6 Å². The van der Waals surface area contributed by atoms with Crippen LogP contribution in [-0.2, 0) is 10.0 Å². The predicted molar refractivity (Wildman–Crippen MR) is 118 cm³/mol. The van der Waals surface area contributed by atoms with Crippen LogP contribution >= 0.6 is 0 Å². The van der Waals surface area contributed by atoms with Gasteiger partial charge in [-0.3, -0.25) is 0 Å². The first-order valence-electron chi connectivity index (χ1n) is 11.6. The van der Waals surface area contributed by atoms with Crippen molar-refractivity contribution in [3.63, 3.8) is 0 Å². The van der Waals surface area contributed by atoms with Crippen LogP contribution in [0.2, 0.25) is 0 Å². The van der Waals surface area contributed by atoms with Crippen molar-refractivity contribution in [3.05, 3.63) is 29.8 Å². The van der Waals surface area contributed by atoms with Crippen molar-refractivity contribution in [2.45, 2.75) is 102 Å². The van der Waals surface area contributed by atoms with Gasteiger partial charge in [-0.15, -0.1) is 0 Å². The molecule has 0 saturated heterocycles. The molecule has 0 amide bonds. The van der Waals surface area contributed by atoms with Crippen LogP contribution in [0.15, 0.2) is 29.2 Å². The maximum atomic E-state index is 13.2. The largest absolute Gasteiger partial charge is 0.388 e. The summed E-state index contributed by atoms with van der Waals surface area (Å²) in [6.07, 6.45) is 11.0. The first kappa shape index (κ1) is 22.8. The van der Waals surface area contributed by atoms with Crippen molar-refractivity contribution >= 4 is 10.0 Å². The predicted octanol–water partition coefficient (Wildman–Crippen LogP) is 5.19. The topological polar surface area (TPSA) is 66.4 Å². The lowest BCUT2D eigenvalue weighted by Gasteiger charge is -2.51. The van der Waals surface area contributed by atoms with E-state index < -0.39 is 21.7 Å². The second-order valence-electron chi connectivity index (χ2n) is 9.71. The first-order valence-corrected chi connectivity index (χ1v) is 13.0. The lowest BCUT2D eigenvalue weighted by molar-refractivity contribution is -0.122. The van der Waals surface area contributed by atoms with Gasteiger partial charge in [-0.25, -0.2) is 13.1 Å².